The number of rotatable bonds is 7. The molecule has 7 heteroatoms. The predicted molar refractivity (Wildman–Crippen MR) is 76.7 cm³/mol. The van der Waals surface area contributed by atoms with E-state index in [1.807, 2.05) is 6.92 Å². The molecule has 0 saturated carbocycles. The molecule has 0 radical (unpaired) electrons. The van der Waals surface area contributed by atoms with E-state index in [0.717, 1.165) is 6.42 Å². The highest BCUT2D eigenvalue weighted by Gasteiger charge is 2.21. The second kappa shape index (κ2) is 7.32. The van der Waals surface area contributed by atoms with Crippen molar-refractivity contribution in [2.75, 3.05) is 27.8 Å². The number of hydrogen-bond acceptors (Lipinski definition) is 6. The summed E-state index contributed by atoms with van der Waals surface area (Å²) in [5, 5.41) is 16.8. The van der Waals surface area contributed by atoms with Gasteiger partial charge < -0.3 is 14.5 Å². The zero-order chi connectivity index (χ0) is 15.1. The molecule has 0 spiro atoms. The lowest BCUT2D eigenvalue weighted by molar-refractivity contribution is -0.386. The van der Waals surface area contributed by atoms with Crippen LogP contribution in [0.25, 0.3) is 0 Å². The van der Waals surface area contributed by atoms with Crippen molar-refractivity contribution in [2.24, 2.45) is 5.10 Å². The summed E-state index contributed by atoms with van der Waals surface area (Å²) in [6.45, 7) is 2.32. The van der Waals surface area contributed by atoms with Crippen molar-refractivity contribution in [2.45, 2.75) is 13.3 Å². The minimum atomic E-state index is -0.486. The molecule has 0 atom stereocenters. The van der Waals surface area contributed by atoms with Crippen LogP contribution >= 0.6 is 0 Å². The third-order valence-corrected chi connectivity index (χ3v) is 2.36. The number of hydrazone groups is 1. The summed E-state index contributed by atoms with van der Waals surface area (Å²) >= 11 is 0. The third kappa shape index (κ3) is 4.11. The second-order valence-electron chi connectivity index (χ2n) is 4.27. The predicted octanol–water partition coefficient (Wildman–Crippen LogP) is 2.29. The highest BCUT2D eigenvalue weighted by Crippen LogP contribution is 2.38. The van der Waals surface area contributed by atoms with Crippen LogP contribution in [0.3, 0.4) is 0 Å². The summed E-state index contributed by atoms with van der Waals surface area (Å²) in [5.74, 6) is 0.481. The van der Waals surface area contributed by atoms with Crippen molar-refractivity contribution < 1.29 is 14.4 Å². The highest BCUT2D eigenvalue weighted by atomic mass is 16.6. The lowest BCUT2D eigenvalue weighted by Crippen LogP contribution is -2.04. The van der Waals surface area contributed by atoms with Crippen LogP contribution in [-0.4, -0.2) is 44.0 Å². The van der Waals surface area contributed by atoms with Gasteiger partial charge in [0.25, 0.3) is 0 Å². The number of nitro benzene ring substituents is 1. The molecule has 0 saturated heterocycles. The second-order valence-corrected chi connectivity index (χ2v) is 4.27. The van der Waals surface area contributed by atoms with Gasteiger partial charge in [-0.2, -0.15) is 5.10 Å². The monoisotopic (exact) mass is 281 g/mol. The molecule has 0 N–H and O–H groups in total. The maximum absolute atomic E-state index is 11.2. The maximum Gasteiger partial charge on any atom is 0.315 e. The van der Waals surface area contributed by atoms with Crippen LogP contribution in [0.15, 0.2) is 17.2 Å². The van der Waals surface area contributed by atoms with Crippen LogP contribution < -0.4 is 9.47 Å². The fourth-order valence-corrected chi connectivity index (χ4v) is 1.50. The van der Waals surface area contributed by atoms with Crippen LogP contribution in [-0.2, 0) is 0 Å². The Balaban J connectivity index is 3.26. The molecule has 20 heavy (non-hydrogen) atoms. The molecule has 110 valence electrons. The van der Waals surface area contributed by atoms with Crippen molar-refractivity contribution in [3.63, 3.8) is 0 Å². The Morgan fingerprint density at radius 1 is 1.45 bits per heavy atom. The molecule has 1 aromatic rings. The van der Waals surface area contributed by atoms with Gasteiger partial charge in [-0.3, -0.25) is 10.1 Å². The van der Waals surface area contributed by atoms with E-state index in [9.17, 15) is 10.1 Å². The SMILES string of the molecule is CCCOc1c(OC)cc(/C=N/N(C)C)cc1[N+](=O)[O-]. The molecular weight excluding hydrogens is 262 g/mol. The van der Waals surface area contributed by atoms with E-state index in [-0.39, 0.29) is 11.4 Å². The van der Waals surface area contributed by atoms with Gasteiger partial charge in [0.15, 0.2) is 5.75 Å². The molecule has 0 aliphatic rings. The average molecular weight is 281 g/mol. The number of nitrogens with zero attached hydrogens (tertiary/aromatic N) is 3. The minimum absolute atomic E-state index is 0.127. The zero-order valence-corrected chi connectivity index (χ0v) is 12.1. The van der Waals surface area contributed by atoms with Crippen LogP contribution in [0.4, 0.5) is 5.69 Å². The summed E-state index contributed by atoms with van der Waals surface area (Å²) in [6.07, 6.45) is 2.28. The Morgan fingerprint density at radius 3 is 2.65 bits per heavy atom. The molecule has 0 bridgehead atoms. The number of methoxy groups -OCH3 is 1. The van der Waals surface area contributed by atoms with E-state index in [0.29, 0.717) is 17.9 Å². The molecule has 7 nitrogen and oxygen atoms in total. The van der Waals surface area contributed by atoms with Crippen LogP contribution in [0, 0.1) is 10.1 Å². The largest absolute Gasteiger partial charge is 0.493 e. The number of benzene rings is 1. The Morgan fingerprint density at radius 2 is 2.15 bits per heavy atom. The quantitative estimate of drug-likeness (QED) is 0.435. The average Bonchev–Trinajstić information content (AvgIpc) is 2.42. The Hall–Kier alpha value is -2.31. The van der Waals surface area contributed by atoms with Crippen molar-refractivity contribution in [3.8, 4) is 11.5 Å². The van der Waals surface area contributed by atoms with E-state index >= 15 is 0 Å². The van der Waals surface area contributed by atoms with E-state index in [1.165, 1.54) is 19.4 Å². The number of ether oxygens (including phenoxy) is 2. The van der Waals surface area contributed by atoms with Gasteiger partial charge in [-0.1, -0.05) is 6.92 Å². The maximum atomic E-state index is 11.2. The first-order chi connectivity index (χ1) is 9.49. The van der Waals surface area contributed by atoms with Crippen LogP contribution in [0.2, 0.25) is 0 Å². The third-order valence-electron chi connectivity index (χ3n) is 2.36. The van der Waals surface area contributed by atoms with Gasteiger partial charge >= 0.3 is 5.69 Å². The highest BCUT2D eigenvalue weighted by molar-refractivity contribution is 5.83. The van der Waals surface area contributed by atoms with Gasteiger partial charge in [0.05, 0.1) is 24.9 Å². The van der Waals surface area contributed by atoms with Crippen LogP contribution in [0.1, 0.15) is 18.9 Å². The Labute approximate surface area is 117 Å². The van der Waals surface area contributed by atoms with Gasteiger partial charge in [-0.05, 0) is 12.5 Å². The summed E-state index contributed by atoms with van der Waals surface area (Å²) in [7, 11) is 4.98. The van der Waals surface area contributed by atoms with Crippen molar-refractivity contribution in [1.29, 1.82) is 0 Å². The van der Waals surface area contributed by atoms with Crippen LogP contribution in [0.5, 0.6) is 11.5 Å². The molecule has 0 fully saturated rings. The van der Waals surface area contributed by atoms with E-state index in [1.54, 1.807) is 25.2 Å². The van der Waals surface area contributed by atoms with Crippen molar-refractivity contribution in [1.82, 2.24) is 5.01 Å². The number of nitro groups is 1. The molecule has 0 aliphatic heterocycles. The molecule has 0 unspecified atom stereocenters. The first-order valence-electron chi connectivity index (χ1n) is 6.20. The van der Waals surface area contributed by atoms with Gasteiger partial charge in [0.1, 0.15) is 0 Å². The zero-order valence-electron chi connectivity index (χ0n) is 12.1. The molecule has 0 amide bonds. The summed E-state index contributed by atoms with van der Waals surface area (Å²) in [4.78, 5) is 10.7. The van der Waals surface area contributed by atoms with E-state index in [2.05, 4.69) is 5.10 Å². The van der Waals surface area contributed by atoms with Gasteiger partial charge in [-0.15, -0.1) is 0 Å². The van der Waals surface area contributed by atoms with Gasteiger partial charge in [-0.25, -0.2) is 0 Å². The first-order valence-corrected chi connectivity index (χ1v) is 6.20. The lowest BCUT2D eigenvalue weighted by Gasteiger charge is -2.11. The fraction of sp³-hybridized carbons (Fsp3) is 0.462. The molecule has 0 heterocycles. The topological polar surface area (TPSA) is 77.2 Å². The van der Waals surface area contributed by atoms with Gasteiger partial charge in [0, 0.05) is 25.7 Å². The normalized spacial score (nSPS) is 10.6. The first kappa shape index (κ1) is 15.7. The van der Waals surface area contributed by atoms with E-state index in [4.69, 9.17) is 9.47 Å². The Bertz CT molecular complexity index is 501. The standard InChI is InChI=1S/C13H19N3O4/c1-5-6-20-13-11(16(17)18)7-10(8-12(13)19-4)9-14-15(2)3/h7-9H,5-6H2,1-4H3/b14-9+. The lowest BCUT2D eigenvalue weighted by atomic mass is 10.2. The fourth-order valence-electron chi connectivity index (χ4n) is 1.50. The molecule has 1 rings (SSSR count). The minimum Gasteiger partial charge on any atom is -0.493 e. The van der Waals surface area contributed by atoms with Crippen molar-refractivity contribution in [3.05, 3.63) is 27.8 Å². The van der Waals surface area contributed by atoms with Crippen molar-refractivity contribution >= 4 is 11.9 Å². The smallest absolute Gasteiger partial charge is 0.315 e. The Kier molecular flexibility index (Phi) is 5.76. The summed E-state index contributed by atoms with van der Waals surface area (Å²) in [5.41, 5.74) is 0.448. The molecular formula is C13H19N3O4. The molecule has 1 aromatic carbocycles. The molecule has 0 aliphatic carbocycles. The summed E-state index contributed by atoms with van der Waals surface area (Å²) < 4.78 is 10.6. The number of hydrogen-bond donors (Lipinski definition) is 0. The van der Waals surface area contributed by atoms with Gasteiger partial charge in [0.2, 0.25) is 5.75 Å². The van der Waals surface area contributed by atoms with E-state index < -0.39 is 4.92 Å². The summed E-state index contributed by atoms with van der Waals surface area (Å²) in [6, 6.07) is 3.07. The molecule has 0 aromatic heterocycles.